The van der Waals surface area contributed by atoms with Crippen molar-refractivity contribution >= 4 is 16.9 Å². The van der Waals surface area contributed by atoms with Crippen molar-refractivity contribution < 1.29 is 13.9 Å². The molecule has 0 radical (unpaired) electrons. The molecule has 146 valence electrons. The molecule has 2 heterocycles. The molecule has 1 amide bonds. The van der Waals surface area contributed by atoms with Gasteiger partial charge in [-0.15, -0.1) is 0 Å². The molecule has 0 aliphatic carbocycles. The van der Waals surface area contributed by atoms with E-state index in [0.29, 0.717) is 24.5 Å². The number of likely N-dealkylation sites (tertiary alicyclic amines) is 1. The minimum absolute atomic E-state index is 0.169. The van der Waals surface area contributed by atoms with Crippen molar-refractivity contribution in [3.8, 4) is 0 Å². The van der Waals surface area contributed by atoms with Gasteiger partial charge in [-0.1, -0.05) is 48.5 Å². The molecule has 1 fully saturated rings. The Kier molecular flexibility index (Phi) is 5.74. The van der Waals surface area contributed by atoms with E-state index in [1.165, 1.54) is 18.4 Å². The minimum atomic E-state index is -0.191. The first kappa shape index (κ1) is 18.7. The molecular formula is C23H26N2O3. The van der Waals surface area contributed by atoms with E-state index < -0.39 is 0 Å². The van der Waals surface area contributed by atoms with Crippen LogP contribution < -0.4 is 5.32 Å². The average Bonchev–Trinajstić information content (AvgIpc) is 3.38. The Morgan fingerprint density at radius 3 is 2.57 bits per heavy atom. The summed E-state index contributed by atoms with van der Waals surface area (Å²) in [6.07, 6.45) is 2.41. The zero-order valence-corrected chi connectivity index (χ0v) is 16.2. The standard InChI is InChI=1S/C23H26N2O3/c1-27-16-19-18-11-5-6-12-21(18)28-22(19)23(26)24-15-20(25-13-7-8-14-25)17-9-3-2-4-10-17/h2-6,9-12,20H,7-8,13-16H2,1H3,(H,24,26). The number of hydrogen-bond acceptors (Lipinski definition) is 4. The second-order valence-electron chi connectivity index (χ2n) is 7.22. The Hall–Kier alpha value is -2.63. The number of carbonyl (C=O) groups is 1. The number of benzene rings is 2. The lowest BCUT2D eigenvalue weighted by molar-refractivity contribution is 0.0906. The van der Waals surface area contributed by atoms with Crippen molar-refractivity contribution in [2.24, 2.45) is 0 Å². The van der Waals surface area contributed by atoms with Crippen molar-refractivity contribution in [3.63, 3.8) is 0 Å². The summed E-state index contributed by atoms with van der Waals surface area (Å²) >= 11 is 0. The van der Waals surface area contributed by atoms with Crippen LogP contribution in [0, 0.1) is 0 Å². The van der Waals surface area contributed by atoms with E-state index >= 15 is 0 Å². The largest absolute Gasteiger partial charge is 0.451 e. The summed E-state index contributed by atoms with van der Waals surface area (Å²) in [5.41, 5.74) is 2.73. The number of amides is 1. The van der Waals surface area contributed by atoms with Crippen molar-refractivity contribution in [1.82, 2.24) is 10.2 Å². The first-order valence-corrected chi connectivity index (χ1v) is 9.84. The van der Waals surface area contributed by atoms with E-state index in [4.69, 9.17) is 9.15 Å². The number of fused-ring (bicyclic) bond motifs is 1. The number of para-hydroxylation sites is 1. The highest BCUT2D eigenvalue weighted by Gasteiger charge is 2.26. The Morgan fingerprint density at radius 2 is 1.82 bits per heavy atom. The third-order valence-corrected chi connectivity index (χ3v) is 5.41. The maximum atomic E-state index is 13.0. The number of hydrogen-bond donors (Lipinski definition) is 1. The zero-order chi connectivity index (χ0) is 19.3. The van der Waals surface area contributed by atoms with E-state index in [9.17, 15) is 4.79 Å². The highest BCUT2D eigenvalue weighted by molar-refractivity contribution is 5.99. The third kappa shape index (κ3) is 3.81. The summed E-state index contributed by atoms with van der Waals surface area (Å²) in [5, 5.41) is 4.03. The van der Waals surface area contributed by atoms with Gasteiger partial charge in [0.05, 0.1) is 12.6 Å². The molecule has 3 aromatic rings. The summed E-state index contributed by atoms with van der Waals surface area (Å²) in [6.45, 7) is 3.02. The number of nitrogens with one attached hydrogen (secondary N) is 1. The predicted molar refractivity (Wildman–Crippen MR) is 109 cm³/mol. The van der Waals surface area contributed by atoms with E-state index in [1.54, 1.807) is 7.11 Å². The van der Waals surface area contributed by atoms with Crippen LogP contribution in [0.4, 0.5) is 0 Å². The normalized spacial score (nSPS) is 15.8. The molecule has 0 spiro atoms. The lowest BCUT2D eigenvalue weighted by atomic mass is 10.1. The first-order chi connectivity index (χ1) is 13.8. The van der Waals surface area contributed by atoms with Gasteiger partial charge in [0.25, 0.3) is 5.91 Å². The molecule has 0 bridgehead atoms. The summed E-state index contributed by atoms with van der Waals surface area (Å²) in [4.78, 5) is 15.4. The summed E-state index contributed by atoms with van der Waals surface area (Å²) in [6, 6.07) is 18.2. The van der Waals surface area contributed by atoms with Gasteiger partial charge in [0, 0.05) is 24.6 Å². The topological polar surface area (TPSA) is 54.7 Å². The van der Waals surface area contributed by atoms with Gasteiger partial charge in [-0.2, -0.15) is 0 Å². The molecule has 2 aromatic carbocycles. The number of ether oxygens (including phenoxy) is 1. The average molecular weight is 378 g/mol. The molecule has 0 saturated carbocycles. The molecular weight excluding hydrogens is 352 g/mol. The molecule has 1 N–H and O–H groups in total. The van der Waals surface area contributed by atoms with Gasteiger partial charge >= 0.3 is 0 Å². The van der Waals surface area contributed by atoms with E-state index in [-0.39, 0.29) is 11.9 Å². The molecule has 5 nitrogen and oxygen atoms in total. The van der Waals surface area contributed by atoms with Gasteiger partial charge in [0.15, 0.2) is 5.76 Å². The SMILES string of the molecule is COCc1c(C(=O)NCC(c2ccccc2)N2CCCC2)oc2ccccc12. The van der Waals surface area contributed by atoms with Gasteiger partial charge < -0.3 is 14.5 Å². The Bertz CT molecular complexity index is 929. The predicted octanol–water partition coefficient (Wildman–Crippen LogP) is 4.15. The van der Waals surface area contributed by atoms with Crippen LogP contribution in [0.2, 0.25) is 0 Å². The zero-order valence-electron chi connectivity index (χ0n) is 16.2. The van der Waals surface area contributed by atoms with Gasteiger partial charge in [0.2, 0.25) is 0 Å². The summed E-state index contributed by atoms with van der Waals surface area (Å²) in [7, 11) is 1.63. The lowest BCUT2D eigenvalue weighted by Gasteiger charge is -2.28. The fourth-order valence-corrected chi connectivity index (χ4v) is 4.03. The second-order valence-corrected chi connectivity index (χ2v) is 7.22. The Balaban J connectivity index is 1.55. The molecule has 4 rings (SSSR count). The van der Waals surface area contributed by atoms with Crippen LogP contribution >= 0.6 is 0 Å². The van der Waals surface area contributed by atoms with Gasteiger partial charge in [0.1, 0.15) is 5.58 Å². The van der Waals surface area contributed by atoms with Crippen LogP contribution in [-0.2, 0) is 11.3 Å². The highest BCUT2D eigenvalue weighted by Crippen LogP contribution is 2.28. The van der Waals surface area contributed by atoms with E-state index in [2.05, 4.69) is 34.5 Å². The third-order valence-electron chi connectivity index (χ3n) is 5.41. The fraction of sp³-hybridized carbons (Fsp3) is 0.348. The minimum Gasteiger partial charge on any atom is -0.451 e. The highest BCUT2D eigenvalue weighted by atomic mass is 16.5. The molecule has 1 aliphatic heterocycles. The lowest BCUT2D eigenvalue weighted by Crippen LogP contribution is -2.37. The first-order valence-electron chi connectivity index (χ1n) is 9.84. The molecule has 1 aliphatic rings. The Labute approximate surface area is 165 Å². The maximum Gasteiger partial charge on any atom is 0.287 e. The summed E-state index contributed by atoms with van der Waals surface area (Å²) in [5.74, 6) is 0.152. The molecule has 1 saturated heterocycles. The fourth-order valence-electron chi connectivity index (χ4n) is 4.03. The molecule has 1 unspecified atom stereocenters. The quantitative estimate of drug-likeness (QED) is 0.671. The van der Waals surface area contributed by atoms with Crippen molar-refractivity contribution in [1.29, 1.82) is 0 Å². The smallest absolute Gasteiger partial charge is 0.287 e. The van der Waals surface area contributed by atoms with Gasteiger partial charge in [-0.3, -0.25) is 9.69 Å². The van der Waals surface area contributed by atoms with Gasteiger partial charge in [-0.25, -0.2) is 0 Å². The number of carbonyl (C=O) groups excluding carboxylic acids is 1. The number of rotatable bonds is 7. The molecule has 28 heavy (non-hydrogen) atoms. The number of methoxy groups -OCH3 is 1. The van der Waals surface area contributed by atoms with Crippen LogP contribution in [0.1, 0.15) is 40.6 Å². The van der Waals surface area contributed by atoms with Crippen molar-refractivity contribution in [3.05, 3.63) is 71.5 Å². The Morgan fingerprint density at radius 1 is 1.11 bits per heavy atom. The summed E-state index contributed by atoms with van der Waals surface area (Å²) < 4.78 is 11.2. The monoisotopic (exact) mass is 378 g/mol. The van der Waals surface area contributed by atoms with Gasteiger partial charge in [-0.05, 0) is 37.6 Å². The maximum absolute atomic E-state index is 13.0. The van der Waals surface area contributed by atoms with E-state index in [1.807, 2.05) is 30.3 Å². The number of nitrogens with zero attached hydrogens (tertiary/aromatic N) is 1. The van der Waals surface area contributed by atoms with Crippen molar-refractivity contribution in [2.45, 2.75) is 25.5 Å². The van der Waals surface area contributed by atoms with Crippen LogP contribution in [-0.4, -0.2) is 37.6 Å². The van der Waals surface area contributed by atoms with Crippen LogP contribution in [0.3, 0.4) is 0 Å². The number of furan rings is 1. The molecule has 1 atom stereocenters. The second kappa shape index (κ2) is 8.59. The molecule has 1 aromatic heterocycles. The van der Waals surface area contributed by atoms with Crippen LogP contribution in [0.15, 0.2) is 59.0 Å². The van der Waals surface area contributed by atoms with Crippen molar-refractivity contribution in [2.75, 3.05) is 26.7 Å². The van der Waals surface area contributed by atoms with Crippen LogP contribution in [0.25, 0.3) is 11.0 Å². The molecule has 5 heteroatoms. The van der Waals surface area contributed by atoms with Crippen LogP contribution in [0.5, 0.6) is 0 Å². The van der Waals surface area contributed by atoms with E-state index in [0.717, 1.165) is 24.0 Å².